The van der Waals surface area contributed by atoms with Gasteiger partial charge in [0.15, 0.2) is 11.9 Å². The molecule has 2 aromatic carbocycles. The number of benzene rings is 2. The van der Waals surface area contributed by atoms with E-state index >= 15 is 0 Å². The van der Waals surface area contributed by atoms with Gasteiger partial charge in [-0.25, -0.2) is 9.59 Å². The Labute approximate surface area is 531 Å². The molecule has 0 spiro atoms. The van der Waals surface area contributed by atoms with Gasteiger partial charge in [-0.15, -0.1) is 0 Å². The van der Waals surface area contributed by atoms with Crippen molar-refractivity contribution >= 4 is 23.6 Å². The van der Waals surface area contributed by atoms with Gasteiger partial charge >= 0.3 is 17.9 Å². The Morgan fingerprint density at radius 1 is 0.770 bits per heavy atom. The minimum atomic E-state index is -1.65. The first-order chi connectivity index (χ1) is 39.9. The van der Waals surface area contributed by atoms with E-state index in [2.05, 4.69) is 35.1 Å². The number of phenols is 1. The number of cyclic esters (lactones) is 1. The number of halogens is 2. The Morgan fingerprint density at radius 2 is 1.33 bits per heavy atom. The van der Waals surface area contributed by atoms with Gasteiger partial charge in [0.05, 0.1) is 99.1 Å². The molecule has 25 nitrogen and oxygen atoms in total. The first-order valence-electron chi connectivity index (χ1n) is 29.0. The normalized spacial score (nSPS) is 29.0. The zero-order valence-electron chi connectivity index (χ0n) is 51.5. The number of carbonyl (C=O) groups is 3. The maximum absolute atomic E-state index is 12.7. The lowest BCUT2D eigenvalue weighted by Crippen LogP contribution is -3.00. The summed E-state index contributed by atoms with van der Waals surface area (Å²) in [6.45, 7) is 10.7. The van der Waals surface area contributed by atoms with Gasteiger partial charge in [-0.1, -0.05) is 32.4 Å². The van der Waals surface area contributed by atoms with Crippen LogP contribution in [0.15, 0.2) is 72.2 Å². The second-order valence-electron chi connectivity index (χ2n) is 23.6. The summed E-state index contributed by atoms with van der Waals surface area (Å²) in [6, 6.07) is 14.2. The van der Waals surface area contributed by atoms with Crippen LogP contribution in [0.25, 0.3) is 0 Å². The molecule has 0 aliphatic carbocycles. The fourth-order valence-electron chi connectivity index (χ4n) is 10.2. The highest BCUT2D eigenvalue weighted by atomic mass is 79.9. The molecule has 4 aliphatic rings. The number of phenolic OH excluding ortho intramolecular Hbond substituents is 1. The average Bonchev–Trinajstić information content (AvgIpc) is 1.94. The Morgan fingerprint density at radius 3 is 1.85 bits per heavy atom. The van der Waals surface area contributed by atoms with Gasteiger partial charge in [0.25, 0.3) is 0 Å². The third-order valence-electron chi connectivity index (χ3n) is 16.3. The highest BCUT2D eigenvalue weighted by molar-refractivity contribution is 5.90. The van der Waals surface area contributed by atoms with Crippen molar-refractivity contribution in [1.29, 1.82) is 0 Å². The molecule has 2 aromatic rings. The number of aliphatic hydroxyl groups is 11. The minimum Gasteiger partial charge on any atom is -1.00 e. The number of esters is 3. The topological polar surface area (TPSA) is 368 Å². The molecule has 16 atom stereocenters. The molecule has 11 unspecified atom stereocenters. The van der Waals surface area contributed by atoms with E-state index in [9.17, 15) is 70.6 Å². The number of nitrogens with zero attached hydrogens (tertiary/aromatic N) is 2. The van der Waals surface area contributed by atoms with Gasteiger partial charge < -0.3 is 138 Å². The lowest BCUT2D eigenvalue weighted by atomic mass is 9.80. The smallest absolute Gasteiger partial charge is 0.374 e. The molecule has 0 radical (unpaired) electrons. The number of rotatable bonds is 26. The number of aliphatic hydroxyl groups excluding tert-OH is 10. The summed E-state index contributed by atoms with van der Waals surface area (Å²) in [5.74, 6) is -3.44. The Kier molecular flexibility index (Phi) is 32.7. The second kappa shape index (κ2) is 36.1. The van der Waals surface area contributed by atoms with Crippen LogP contribution in [0, 0.1) is 11.8 Å². The fourth-order valence-corrected chi connectivity index (χ4v) is 10.2. The predicted octanol–water partition coefficient (Wildman–Crippen LogP) is -4.51. The van der Waals surface area contributed by atoms with Gasteiger partial charge in [-0.05, 0) is 89.1 Å². The van der Waals surface area contributed by atoms with Crippen LogP contribution in [0.4, 0.5) is 5.69 Å². The van der Waals surface area contributed by atoms with E-state index in [4.69, 9.17) is 43.0 Å². The third kappa shape index (κ3) is 22.1. The van der Waals surface area contributed by atoms with Crippen LogP contribution >= 0.6 is 0 Å². The first-order valence-corrected chi connectivity index (χ1v) is 29.0. The Hall–Kier alpha value is -4.11. The zero-order valence-corrected chi connectivity index (χ0v) is 54.6. The van der Waals surface area contributed by atoms with E-state index in [1.807, 2.05) is 24.3 Å². The summed E-state index contributed by atoms with van der Waals surface area (Å²) in [7, 11) is 10.3. The number of quaternary nitrogens is 2. The third-order valence-corrected chi connectivity index (χ3v) is 16.3. The summed E-state index contributed by atoms with van der Waals surface area (Å²) < 4.78 is 44.8. The first kappa shape index (κ1) is 79.0. The fraction of sp³-hybridized carbons (Fsp3) is 0.683. The molecule has 87 heavy (non-hydrogen) atoms. The maximum atomic E-state index is 12.7. The number of aromatic hydroxyl groups is 1. The molecule has 6 rings (SSSR count). The van der Waals surface area contributed by atoms with E-state index in [1.165, 1.54) is 85.6 Å². The summed E-state index contributed by atoms with van der Waals surface area (Å²) in [5.41, 5.74) is -1.00. The number of hydrogen-bond donors (Lipinski definition) is 12. The van der Waals surface area contributed by atoms with Gasteiger partial charge in [-0.3, -0.25) is 9.28 Å². The molecule has 4 heterocycles. The maximum Gasteiger partial charge on any atom is 0.374 e. The van der Waals surface area contributed by atoms with E-state index in [1.54, 1.807) is 25.1 Å². The lowest BCUT2D eigenvalue weighted by Gasteiger charge is -2.43. The predicted molar refractivity (Wildman–Crippen MR) is 307 cm³/mol. The van der Waals surface area contributed by atoms with Crippen molar-refractivity contribution in [3.05, 3.63) is 77.8 Å². The van der Waals surface area contributed by atoms with Gasteiger partial charge in [0, 0.05) is 36.5 Å². The molecule has 0 saturated carbocycles. The van der Waals surface area contributed by atoms with E-state index in [-0.39, 0.29) is 58.3 Å². The lowest BCUT2D eigenvalue weighted by molar-refractivity contribution is -0.890. The molecule has 27 heteroatoms. The monoisotopic (exact) mass is 1370 g/mol. The van der Waals surface area contributed by atoms with Gasteiger partial charge in [0.2, 0.25) is 18.3 Å². The quantitative estimate of drug-likeness (QED) is 0.0183. The highest BCUT2D eigenvalue weighted by Crippen LogP contribution is 2.39. The molecule has 0 amide bonds. The summed E-state index contributed by atoms with van der Waals surface area (Å²) >= 11 is 0. The van der Waals surface area contributed by atoms with Crippen molar-refractivity contribution in [2.24, 2.45) is 11.8 Å². The number of hydrogen-bond acceptors (Lipinski definition) is 23. The van der Waals surface area contributed by atoms with Crippen molar-refractivity contribution in [2.45, 2.75) is 177 Å². The molecule has 4 aliphatic heterocycles. The Bertz CT molecular complexity index is 2460. The van der Waals surface area contributed by atoms with Crippen molar-refractivity contribution in [2.75, 3.05) is 74.8 Å². The van der Waals surface area contributed by atoms with Gasteiger partial charge in [0.1, 0.15) is 71.6 Å². The van der Waals surface area contributed by atoms with Crippen LogP contribution in [0.2, 0.25) is 0 Å². The summed E-state index contributed by atoms with van der Waals surface area (Å²) in [5, 5.41) is 117. The largest absolute Gasteiger partial charge is 1.00 e. The van der Waals surface area contributed by atoms with Crippen LogP contribution in [-0.2, 0) is 54.0 Å². The second-order valence-corrected chi connectivity index (χ2v) is 23.6. The van der Waals surface area contributed by atoms with Crippen LogP contribution in [0.5, 0.6) is 11.5 Å². The standard InChI is InChI=1S/C26H48N2O6.C25H34O12.C9H14O5.2BrH/c1-6-7-16-27(2,3)17-10-8-9-11-18-28(4,5)20-12-14-21(15-13-20)33-26-25(32)24(31)23(30)22(19-29)34-26;1-3-15-16(10-19(28)34-8-7-13-5-4-6-14(27)9-13)17(23(32)33-2)12-35-24(15)37-25-22(31)21(30)20(29)18(11-26)36-25;1-5(10)9(3,13)8(2)4-6(11)7(12)14-8;;/h12-15,22-26,29-32H,6-11,16-19H2,1-5H3;4-6,9,12,15-16,18,20-22,24-27,29-31H,3,7-8,10-11H2,1-2H3;4-5,10-11,13H,1-3H3;2*1H/q+2;;;;/p-2/t;15-,16-,18?,20?,21?,22?,24-,25?;5-,8?,9-;;/m.10../s1. The zero-order chi connectivity index (χ0) is 63.6. The molecular formula is C60H96Br2N2O23. The molecule has 12 N–H and O–H groups in total. The number of unbranched alkanes of at least 4 members (excludes halogenated alkanes) is 4. The highest BCUT2D eigenvalue weighted by Gasteiger charge is 2.53. The van der Waals surface area contributed by atoms with Crippen LogP contribution in [0.3, 0.4) is 0 Å². The Balaban J connectivity index is 0.000000479. The average molecular weight is 1370 g/mol. The molecule has 498 valence electrons. The van der Waals surface area contributed by atoms with Gasteiger partial charge in [-0.2, -0.15) is 0 Å². The van der Waals surface area contributed by atoms with E-state index in [0.29, 0.717) is 18.6 Å². The number of methoxy groups -OCH3 is 1. The molecule has 0 aromatic heterocycles. The van der Waals surface area contributed by atoms with Crippen molar-refractivity contribution in [3.63, 3.8) is 0 Å². The minimum absolute atomic E-state index is 0. The number of ether oxygens (including phenoxy) is 8. The molecular weight excluding hydrogens is 1280 g/mol. The van der Waals surface area contributed by atoms with E-state index in [0.717, 1.165) is 39.1 Å². The van der Waals surface area contributed by atoms with Crippen LogP contribution in [-0.4, -0.2) is 243 Å². The van der Waals surface area contributed by atoms with E-state index < -0.39 is 134 Å². The summed E-state index contributed by atoms with van der Waals surface area (Å²) in [6.07, 6.45) is -5.83. The SMILES string of the molecule is CCCC[N+](C)(C)CCCCCC[N+](C)(C)c1ccc(OC2OC(CO)C(O)C(O)C2O)cc1.CC[C@H]1[C@@H](OC2OC(CO)C(O)C(O)C2O)OC=C(C(=O)OC)[C@@H]1CC(=O)OCCc1cccc(O)c1.C[C@H](O)[C@](C)(O)C1(C)C=C(O)C(=O)O1.[Br-].[Br-]. The molecule has 2 saturated heterocycles. The van der Waals surface area contributed by atoms with Crippen molar-refractivity contribution in [1.82, 2.24) is 4.48 Å². The molecule has 2 fully saturated rings. The van der Waals surface area contributed by atoms with Crippen LogP contribution < -0.4 is 43.2 Å². The summed E-state index contributed by atoms with van der Waals surface area (Å²) in [4.78, 5) is 36.1. The van der Waals surface area contributed by atoms with Crippen molar-refractivity contribution < 1.29 is 152 Å². The van der Waals surface area contributed by atoms with Crippen LogP contribution in [0.1, 0.15) is 91.5 Å². The number of carbonyl (C=O) groups excluding carboxylic acids is 3. The van der Waals surface area contributed by atoms with Crippen molar-refractivity contribution in [3.8, 4) is 11.5 Å². The molecule has 0 bridgehead atoms.